The predicted octanol–water partition coefficient (Wildman–Crippen LogP) is 2.20. The summed E-state index contributed by atoms with van der Waals surface area (Å²) in [4.78, 5) is 12.0. The van der Waals surface area contributed by atoms with Crippen molar-refractivity contribution in [3.63, 3.8) is 0 Å². The first-order valence-electron chi connectivity index (χ1n) is 6.39. The molecule has 1 aromatic rings. The van der Waals surface area contributed by atoms with Gasteiger partial charge in [0, 0.05) is 12.2 Å². The number of carbonyl (C=O) groups is 1. The van der Waals surface area contributed by atoms with Gasteiger partial charge in [0.25, 0.3) is 5.91 Å². The lowest BCUT2D eigenvalue weighted by Crippen LogP contribution is -2.41. The maximum Gasteiger partial charge on any atom is 0.251 e. The standard InChI is InChI=1S/C14H21FN2O2/c1-4-19-8-13(9(2)3)17-14(18)10-5-6-12(16)11(15)7-10/h5-7,9,13H,4,8,16H2,1-3H3,(H,17,18). The van der Waals surface area contributed by atoms with Gasteiger partial charge in [-0.2, -0.15) is 0 Å². The molecule has 19 heavy (non-hydrogen) atoms. The molecule has 0 heterocycles. The Morgan fingerprint density at radius 3 is 2.68 bits per heavy atom. The van der Waals surface area contributed by atoms with E-state index in [9.17, 15) is 9.18 Å². The Bertz CT molecular complexity index is 435. The van der Waals surface area contributed by atoms with Gasteiger partial charge in [0.05, 0.1) is 18.3 Å². The molecule has 1 atom stereocenters. The lowest BCUT2D eigenvalue weighted by Gasteiger charge is -2.22. The molecular weight excluding hydrogens is 247 g/mol. The number of ether oxygens (including phenoxy) is 1. The van der Waals surface area contributed by atoms with Gasteiger partial charge in [-0.25, -0.2) is 4.39 Å². The van der Waals surface area contributed by atoms with E-state index in [-0.39, 0.29) is 29.1 Å². The monoisotopic (exact) mass is 268 g/mol. The molecule has 0 aliphatic heterocycles. The van der Waals surface area contributed by atoms with Gasteiger partial charge in [-0.15, -0.1) is 0 Å². The highest BCUT2D eigenvalue weighted by atomic mass is 19.1. The number of hydrogen-bond acceptors (Lipinski definition) is 3. The summed E-state index contributed by atoms with van der Waals surface area (Å²) >= 11 is 0. The van der Waals surface area contributed by atoms with E-state index >= 15 is 0 Å². The quantitative estimate of drug-likeness (QED) is 0.777. The van der Waals surface area contributed by atoms with E-state index in [2.05, 4.69) is 5.32 Å². The molecule has 5 heteroatoms. The minimum absolute atomic E-state index is 0.0336. The van der Waals surface area contributed by atoms with Gasteiger partial charge in [0.2, 0.25) is 0 Å². The van der Waals surface area contributed by atoms with Crippen molar-refractivity contribution in [3.8, 4) is 0 Å². The number of benzene rings is 1. The highest BCUT2D eigenvalue weighted by Gasteiger charge is 2.17. The number of anilines is 1. The molecule has 0 aromatic heterocycles. The molecule has 0 fully saturated rings. The molecule has 1 rings (SSSR count). The van der Waals surface area contributed by atoms with E-state index < -0.39 is 5.82 Å². The summed E-state index contributed by atoms with van der Waals surface area (Å²) in [6.07, 6.45) is 0. The molecule has 3 N–H and O–H groups in total. The van der Waals surface area contributed by atoms with Crippen LogP contribution in [0.4, 0.5) is 10.1 Å². The molecule has 0 saturated heterocycles. The van der Waals surface area contributed by atoms with Crippen molar-refractivity contribution in [1.82, 2.24) is 5.32 Å². The Balaban J connectivity index is 2.73. The second-order valence-electron chi connectivity index (χ2n) is 4.72. The van der Waals surface area contributed by atoms with Crippen LogP contribution < -0.4 is 11.1 Å². The smallest absolute Gasteiger partial charge is 0.251 e. The highest BCUT2D eigenvalue weighted by Crippen LogP contribution is 2.12. The summed E-state index contributed by atoms with van der Waals surface area (Å²) in [6.45, 7) is 6.92. The van der Waals surface area contributed by atoms with Crippen molar-refractivity contribution in [2.24, 2.45) is 5.92 Å². The first-order chi connectivity index (χ1) is 8.95. The first kappa shape index (κ1) is 15.4. The summed E-state index contributed by atoms with van der Waals surface area (Å²) in [5.41, 5.74) is 5.67. The third-order valence-corrected chi connectivity index (χ3v) is 2.89. The number of nitrogen functional groups attached to an aromatic ring is 1. The van der Waals surface area contributed by atoms with E-state index in [1.54, 1.807) is 0 Å². The van der Waals surface area contributed by atoms with E-state index in [0.29, 0.717) is 13.2 Å². The molecule has 0 radical (unpaired) electrons. The average molecular weight is 268 g/mol. The Labute approximate surface area is 113 Å². The number of nitrogens with two attached hydrogens (primary N) is 1. The number of halogens is 1. The van der Waals surface area contributed by atoms with Crippen LogP contribution in [0.5, 0.6) is 0 Å². The van der Waals surface area contributed by atoms with Gasteiger partial charge < -0.3 is 15.8 Å². The van der Waals surface area contributed by atoms with Gasteiger partial charge >= 0.3 is 0 Å². The van der Waals surface area contributed by atoms with Crippen molar-refractivity contribution in [2.45, 2.75) is 26.8 Å². The van der Waals surface area contributed by atoms with Gasteiger partial charge in [-0.05, 0) is 31.0 Å². The average Bonchev–Trinajstić information content (AvgIpc) is 2.37. The maximum atomic E-state index is 13.3. The molecule has 0 aliphatic rings. The van der Waals surface area contributed by atoms with Crippen LogP contribution in [0, 0.1) is 11.7 Å². The van der Waals surface area contributed by atoms with E-state index in [1.165, 1.54) is 12.1 Å². The van der Waals surface area contributed by atoms with E-state index in [0.717, 1.165) is 6.07 Å². The molecule has 0 spiro atoms. The molecule has 0 saturated carbocycles. The maximum absolute atomic E-state index is 13.3. The third kappa shape index (κ3) is 4.52. The Morgan fingerprint density at radius 1 is 1.47 bits per heavy atom. The fourth-order valence-corrected chi connectivity index (χ4v) is 1.57. The van der Waals surface area contributed by atoms with Crippen molar-refractivity contribution in [2.75, 3.05) is 18.9 Å². The van der Waals surface area contributed by atoms with Gasteiger partial charge in [-0.1, -0.05) is 13.8 Å². The summed E-state index contributed by atoms with van der Waals surface area (Å²) in [7, 11) is 0. The Hall–Kier alpha value is -1.62. The Morgan fingerprint density at radius 2 is 2.16 bits per heavy atom. The minimum Gasteiger partial charge on any atom is -0.396 e. The van der Waals surface area contributed by atoms with Crippen LogP contribution in [-0.2, 0) is 4.74 Å². The zero-order chi connectivity index (χ0) is 14.4. The van der Waals surface area contributed by atoms with Crippen LogP contribution in [-0.4, -0.2) is 25.2 Å². The van der Waals surface area contributed by atoms with Crippen LogP contribution in [0.1, 0.15) is 31.1 Å². The number of amides is 1. The summed E-state index contributed by atoms with van der Waals surface area (Å²) in [6, 6.07) is 3.93. The lowest BCUT2D eigenvalue weighted by atomic mass is 10.0. The molecule has 0 aliphatic carbocycles. The molecule has 1 unspecified atom stereocenters. The molecule has 106 valence electrons. The van der Waals surface area contributed by atoms with Crippen molar-refractivity contribution >= 4 is 11.6 Å². The van der Waals surface area contributed by atoms with Crippen LogP contribution in [0.25, 0.3) is 0 Å². The van der Waals surface area contributed by atoms with Gasteiger partial charge in [0.15, 0.2) is 0 Å². The number of rotatable bonds is 6. The summed E-state index contributed by atoms with van der Waals surface area (Å²) < 4.78 is 18.6. The summed E-state index contributed by atoms with van der Waals surface area (Å²) in [5, 5.41) is 2.84. The van der Waals surface area contributed by atoms with Crippen LogP contribution in [0.2, 0.25) is 0 Å². The lowest BCUT2D eigenvalue weighted by molar-refractivity contribution is 0.0806. The minimum atomic E-state index is -0.585. The molecule has 1 aromatic carbocycles. The molecular formula is C14H21FN2O2. The molecule has 4 nitrogen and oxygen atoms in total. The van der Waals surface area contributed by atoms with Gasteiger partial charge in [-0.3, -0.25) is 4.79 Å². The van der Waals surface area contributed by atoms with Crippen molar-refractivity contribution < 1.29 is 13.9 Å². The third-order valence-electron chi connectivity index (χ3n) is 2.89. The van der Waals surface area contributed by atoms with Gasteiger partial charge in [0.1, 0.15) is 5.82 Å². The summed E-state index contributed by atoms with van der Waals surface area (Å²) in [5.74, 6) is -0.676. The SMILES string of the molecule is CCOCC(NC(=O)c1ccc(N)c(F)c1)C(C)C. The second kappa shape index (κ2) is 7.09. The zero-order valence-electron chi connectivity index (χ0n) is 11.6. The predicted molar refractivity (Wildman–Crippen MR) is 73.4 cm³/mol. The number of nitrogens with one attached hydrogen (secondary N) is 1. The Kier molecular flexibility index (Phi) is 5.76. The number of carbonyl (C=O) groups excluding carboxylic acids is 1. The normalized spacial score (nSPS) is 12.5. The van der Waals surface area contributed by atoms with E-state index in [4.69, 9.17) is 10.5 Å². The van der Waals surface area contributed by atoms with E-state index in [1.807, 2.05) is 20.8 Å². The molecule has 0 bridgehead atoms. The first-order valence-corrected chi connectivity index (χ1v) is 6.39. The zero-order valence-corrected chi connectivity index (χ0v) is 11.6. The fourth-order valence-electron chi connectivity index (χ4n) is 1.57. The topological polar surface area (TPSA) is 64.3 Å². The van der Waals surface area contributed by atoms with Crippen molar-refractivity contribution in [1.29, 1.82) is 0 Å². The largest absolute Gasteiger partial charge is 0.396 e. The highest BCUT2D eigenvalue weighted by molar-refractivity contribution is 5.94. The van der Waals surface area contributed by atoms with Crippen molar-refractivity contribution in [3.05, 3.63) is 29.6 Å². The molecule has 1 amide bonds. The number of hydrogen-bond donors (Lipinski definition) is 2. The van der Waals surface area contributed by atoms with Crippen LogP contribution in [0.15, 0.2) is 18.2 Å². The fraction of sp³-hybridized carbons (Fsp3) is 0.500. The second-order valence-corrected chi connectivity index (χ2v) is 4.72. The van der Waals surface area contributed by atoms with Crippen LogP contribution >= 0.6 is 0 Å². The van der Waals surface area contributed by atoms with Crippen LogP contribution in [0.3, 0.4) is 0 Å².